The lowest BCUT2D eigenvalue weighted by molar-refractivity contribution is 0.00102. The predicted molar refractivity (Wildman–Crippen MR) is 115 cm³/mol. The van der Waals surface area contributed by atoms with Crippen LogP contribution in [0, 0.1) is 0 Å². The summed E-state index contributed by atoms with van der Waals surface area (Å²) in [6.45, 7) is 2.90. The normalized spacial score (nSPS) is 24.6. The van der Waals surface area contributed by atoms with E-state index in [9.17, 15) is 4.79 Å². The summed E-state index contributed by atoms with van der Waals surface area (Å²) in [5, 5.41) is 8.72. The van der Waals surface area contributed by atoms with E-state index in [2.05, 4.69) is 17.1 Å². The Hall–Kier alpha value is -3.17. The number of fused-ring (bicyclic) bond motifs is 5. The molecular formula is C23H23N7O2. The molecule has 0 unspecified atom stereocenters. The number of hydrogen-bond donors (Lipinski definition) is 1. The minimum Gasteiger partial charge on any atom is -0.356 e. The van der Waals surface area contributed by atoms with E-state index < -0.39 is 6.04 Å². The van der Waals surface area contributed by atoms with Crippen LogP contribution in [0.25, 0.3) is 11.5 Å². The fraction of sp³-hybridized carbons (Fsp3) is 0.435. The average Bonchev–Trinajstić information content (AvgIpc) is 3.13. The lowest BCUT2D eigenvalue weighted by Gasteiger charge is -2.21. The topological polar surface area (TPSA) is 112 Å². The Morgan fingerprint density at radius 2 is 2.09 bits per heavy atom. The van der Waals surface area contributed by atoms with Gasteiger partial charge in [0.15, 0.2) is 5.82 Å². The molecule has 2 N–H and O–H groups in total. The number of aromatic nitrogens is 5. The maximum absolute atomic E-state index is 13.5. The molecule has 6 heterocycles. The largest absolute Gasteiger partial charge is 0.356 e. The summed E-state index contributed by atoms with van der Waals surface area (Å²) >= 11 is 0. The van der Waals surface area contributed by atoms with Crippen LogP contribution in [0.5, 0.6) is 0 Å². The molecule has 2 atom stereocenters. The Morgan fingerprint density at radius 3 is 2.94 bits per heavy atom. The predicted octanol–water partition coefficient (Wildman–Crippen LogP) is 2.42. The Kier molecular flexibility index (Phi) is 3.57. The molecule has 1 fully saturated rings. The van der Waals surface area contributed by atoms with Gasteiger partial charge in [-0.3, -0.25) is 19.2 Å². The Balaban J connectivity index is 1.43. The first kappa shape index (κ1) is 18.4. The van der Waals surface area contributed by atoms with Crippen molar-refractivity contribution < 1.29 is 9.53 Å². The van der Waals surface area contributed by atoms with Gasteiger partial charge in [0, 0.05) is 28.7 Å². The molecule has 9 heteroatoms. The van der Waals surface area contributed by atoms with Crippen LogP contribution in [0.2, 0.25) is 0 Å². The van der Waals surface area contributed by atoms with Crippen LogP contribution in [-0.4, -0.2) is 37.2 Å². The second kappa shape index (κ2) is 6.20. The number of rotatable bonds is 1. The summed E-state index contributed by atoms with van der Waals surface area (Å²) in [5.74, 6) is 2.07. The molecule has 0 saturated heterocycles. The van der Waals surface area contributed by atoms with Crippen LogP contribution in [0.4, 0.5) is 5.82 Å². The van der Waals surface area contributed by atoms with Crippen molar-refractivity contribution in [3.05, 3.63) is 52.6 Å². The highest BCUT2D eigenvalue weighted by atomic mass is 16.5. The van der Waals surface area contributed by atoms with Crippen LogP contribution in [0.1, 0.15) is 71.6 Å². The van der Waals surface area contributed by atoms with Crippen molar-refractivity contribution in [2.75, 3.05) is 11.5 Å². The smallest absolute Gasteiger partial charge is 0.260 e. The first-order valence-corrected chi connectivity index (χ1v) is 11.2. The molecule has 3 aromatic heterocycles. The molecule has 1 amide bonds. The zero-order chi connectivity index (χ0) is 21.6. The molecule has 9 nitrogen and oxygen atoms in total. The molecule has 4 aliphatic rings. The number of amides is 1. The fourth-order valence-corrected chi connectivity index (χ4v) is 5.07. The van der Waals surface area contributed by atoms with Gasteiger partial charge in [-0.05, 0) is 37.5 Å². The SMILES string of the molecule is CC1(c2cc3c4c(n2)[C@@H](N)CO[C@H]2CCc5nnc(n52)-c2cccc(n2)N(C4)C3=O)CC1. The summed E-state index contributed by atoms with van der Waals surface area (Å²) in [7, 11) is 0. The minimum absolute atomic E-state index is 0.0272. The number of nitrogens with zero attached hydrogens (tertiary/aromatic N) is 6. The van der Waals surface area contributed by atoms with Crippen molar-refractivity contribution in [2.45, 2.75) is 56.8 Å². The number of aryl methyl sites for hydroxylation is 1. The van der Waals surface area contributed by atoms with Gasteiger partial charge in [-0.25, -0.2) is 4.98 Å². The van der Waals surface area contributed by atoms with E-state index in [0.717, 1.165) is 48.5 Å². The summed E-state index contributed by atoms with van der Waals surface area (Å²) in [4.78, 5) is 25.0. The number of hydrogen-bond acceptors (Lipinski definition) is 7. The summed E-state index contributed by atoms with van der Waals surface area (Å²) in [5.41, 5.74) is 10.6. The van der Waals surface area contributed by atoms with E-state index in [-0.39, 0.29) is 17.6 Å². The van der Waals surface area contributed by atoms with Crippen LogP contribution >= 0.6 is 0 Å². The van der Waals surface area contributed by atoms with Gasteiger partial charge >= 0.3 is 0 Å². The first-order chi connectivity index (χ1) is 15.5. The second-order valence-electron chi connectivity index (χ2n) is 9.49. The van der Waals surface area contributed by atoms with E-state index in [1.54, 1.807) is 4.90 Å². The molecule has 3 aliphatic heterocycles. The van der Waals surface area contributed by atoms with E-state index in [1.165, 1.54) is 0 Å². The van der Waals surface area contributed by atoms with Gasteiger partial charge < -0.3 is 10.5 Å². The van der Waals surface area contributed by atoms with E-state index in [4.69, 9.17) is 20.4 Å². The summed E-state index contributed by atoms with van der Waals surface area (Å²) in [6, 6.07) is 7.20. The third kappa shape index (κ3) is 2.49. The molecular weight excluding hydrogens is 406 g/mol. The molecule has 0 radical (unpaired) electrons. The molecule has 1 saturated carbocycles. The van der Waals surface area contributed by atoms with Crippen LogP contribution in [0.15, 0.2) is 24.3 Å². The molecule has 0 spiro atoms. The number of ether oxygens (including phenoxy) is 1. The molecule has 0 aromatic carbocycles. The molecule has 162 valence electrons. The van der Waals surface area contributed by atoms with Gasteiger partial charge in [-0.1, -0.05) is 13.0 Å². The highest BCUT2D eigenvalue weighted by molar-refractivity contribution is 6.10. The maximum Gasteiger partial charge on any atom is 0.260 e. The lowest BCUT2D eigenvalue weighted by Crippen LogP contribution is -2.24. The van der Waals surface area contributed by atoms with E-state index in [1.807, 2.05) is 28.8 Å². The quantitative estimate of drug-likeness (QED) is 0.632. The van der Waals surface area contributed by atoms with Crippen molar-refractivity contribution in [3.8, 4) is 11.5 Å². The van der Waals surface area contributed by atoms with Crippen molar-refractivity contribution >= 4 is 11.7 Å². The monoisotopic (exact) mass is 429 g/mol. The molecule has 4 bridgehead atoms. The van der Waals surface area contributed by atoms with Crippen molar-refractivity contribution in [1.29, 1.82) is 0 Å². The molecule has 1 aliphatic carbocycles. The van der Waals surface area contributed by atoms with Gasteiger partial charge in [0.25, 0.3) is 5.91 Å². The van der Waals surface area contributed by atoms with Gasteiger partial charge in [0.1, 0.15) is 23.6 Å². The zero-order valence-corrected chi connectivity index (χ0v) is 17.8. The third-order valence-electron chi connectivity index (χ3n) is 7.30. The third-order valence-corrected chi connectivity index (χ3v) is 7.30. The summed E-state index contributed by atoms with van der Waals surface area (Å²) < 4.78 is 8.31. The fourth-order valence-electron chi connectivity index (χ4n) is 5.07. The van der Waals surface area contributed by atoms with Gasteiger partial charge in [-0.15, -0.1) is 10.2 Å². The average molecular weight is 429 g/mol. The number of carbonyl (C=O) groups is 1. The molecule has 7 rings (SSSR count). The second-order valence-corrected chi connectivity index (χ2v) is 9.49. The number of anilines is 1. The number of pyridine rings is 2. The highest BCUT2D eigenvalue weighted by Gasteiger charge is 2.43. The van der Waals surface area contributed by atoms with Crippen molar-refractivity contribution in [1.82, 2.24) is 24.7 Å². The van der Waals surface area contributed by atoms with Crippen LogP contribution in [0.3, 0.4) is 0 Å². The van der Waals surface area contributed by atoms with E-state index >= 15 is 0 Å². The first-order valence-electron chi connectivity index (χ1n) is 11.2. The standard InChI is InChI=1S/C23H23N7O2/c1-23(7-8-23)16-9-12-13-10-29(22(12)31)17-4-2-3-15(25-17)21-28-27-18-5-6-19(30(18)21)32-11-14(24)20(13)26-16/h2-4,9,14,19H,5-8,10-11,24H2,1H3/t14-,19-/m0/s1. The van der Waals surface area contributed by atoms with Crippen molar-refractivity contribution in [2.24, 2.45) is 5.73 Å². The van der Waals surface area contributed by atoms with Gasteiger partial charge in [0.2, 0.25) is 0 Å². The van der Waals surface area contributed by atoms with Crippen molar-refractivity contribution in [3.63, 3.8) is 0 Å². The maximum atomic E-state index is 13.5. The minimum atomic E-state index is -0.431. The molecule has 3 aromatic rings. The number of nitrogens with two attached hydrogens (primary N) is 1. The molecule has 32 heavy (non-hydrogen) atoms. The summed E-state index contributed by atoms with van der Waals surface area (Å²) in [6.07, 6.45) is 3.57. The van der Waals surface area contributed by atoms with Crippen LogP contribution in [-0.2, 0) is 23.1 Å². The van der Waals surface area contributed by atoms with Gasteiger partial charge in [-0.2, -0.15) is 0 Å². The highest BCUT2D eigenvalue weighted by Crippen LogP contribution is 2.48. The Labute approximate surface area is 184 Å². The van der Waals surface area contributed by atoms with Gasteiger partial charge in [0.05, 0.1) is 24.9 Å². The van der Waals surface area contributed by atoms with Crippen LogP contribution < -0.4 is 10.6 Å². The Morgan fingerprint density at radius 1 is 1.22 bits per heavy atom. The lowest BCUT2D eigenvalue weighted by atomic mass is 9.97. The zero-order valence-electron chi connectivity index (χ0n) is 17.8. The number of carbonyl (C=O) groups excluding carboxylic acids is 1. The Bertz CT molecular complexity index is 1300. The van der Waals surface area contributed by atoms with E-state index in [0.29, 0.717) is 36.1 Å².